The molecule has 0 aliphatic carbocycles. The summed E-state index contributed by atoms with van der Waals surface area (Å²) in [7, 11) is -4.13. The number of aromatic nitrogens is 2. The highest BCUT2D eigenvalue weighted by Crippen LogP contribution is 2.20. The molecule has 0 bridgehead atoms. The summed E-state index contributed by atoms with van der Waals surface area (Å²) in [6, 6.07) is 4.27. The van der Waals surface area contributed by atoms with Gasteiger partial charge in [-0.2, -0.15) is 0 Å². The molecule has 122 valence electrons. The minimum atomic E-state index is -4.13. The Morgan fingerprint density at radius 1 is 1.18 bits per heavy atom. The zero-order valence-electron chi connectivity index (χ0n) is 13.0. The maximum Gasteiger partial charge on any atom is 0.248 e. The lowest BCUT2D eigenvalue weighted by Crippen LogP contribution is -2.32. The van der Waals surface area contributed by atoms with Crippen LogP contribution in [0.25, 0.3) is 5.69 Å². The van der Waals surface area contributed by atoms with Crippen LogP contribution < -0.4 is 4.57 Å². The Labute approximate surface area is 131 Å². The van der Waals surface area contributed by atoms with E-state index in [0.29, 0.717) is 13.0 Å². The number of benzene rings is 1. The molecule has 0 radical (unpaired) electrons. The third-order valence-corrected chi connectivity index (χ3v) is 4.18. The van der Waals surface area contributed by atoms with E-state index in [0.717, 1.165) is 5.69 Å². The van der Waals surface area contributed by atoms with Crippen molar-refractivity contribution in [2.24, 2.45) is 0 Å². The first kappa shape index (κ1) is 18.3. The minimum absolute atomic E-state index is 0. The van der Waals surface area contributed by atoms with Crippen molar-refractivity contribution in [1.29, 1.82) is 0 Å². The van der Waals surface area contributed by atoms with E-state index in [9.17, 15) is 13.0 Å². The number of rotatable bonds is 5. The largest absolute Gasteiger partial charge is 0.748 e. The van der Waals surface area contributed by atoms with Crippen molar-refractivity contribution in [1.82, 2.24) is 4.57 Å². The fourth-order valence-electron chi connectivity index (χ4n) is 2.66. The Balaban J connectivity index is 0.00000242. The van der Waals surface area contributed by atoms with Crippen LogP contribution >= 0.6 is 0 Å². The maximum atomic E-state index is 10.6. The Bertz CT molecular complexity index is 728. The van der Waals surface area contributed by atoms with Gasteiger partial charge in [-0.3, -0.25) is 0 Å². The molecule has 0 aliphatic rings. The molecule has 0 amide bonds. The molecule has 0 spiro atoms. The predicted molar refractivity (Wildman–Crippen MR) is 83.0 cm³/mol. The molecule has 1 heterocycles. The van der Waals surface area contributed by atoms with Crippen molar-refractivity contribution in [2.45, 2.75) is 33.7 Å². The third kappa shape index (κ3) is 4.66. The molecule has 1 aromatic carbocycles. The van der Waals surface area contributed by atoms with Gasteiger partial charge in [0, 0.05) is 5.75 Å². The van der Waals surface area contributed by atoms with Crippen molar-refractivity contribution in [3.8, 4) is 5.69 Å². The van der Waals surface area contributed by atoms with E-state index in [-0.39, 0.29) is 11.2 Å². The molecule has 0 aliphatic heterocycles. The molecule has 6 nitrogen and oxygen atoms in total. The lowest BCUT2D eigenvalue weighted by molar-refractivity contribution is -0.696. The summed E-state index contributed by atoms with van der Waals surface area (Å²) >= 11 is 0. The molecule has 2 aromatic rings. The van der Waals surface area contributed by atoms with Gasteiger partial charge in [-0.05, 0) is 38.3 Å². The van der Waals surface area contributed by atoms with E-state index < -0.39 is 10.1 Å². The average molecular weight is 326 g/mol. The van der Waals surface area contributed by atoms with Crippen LogP contribution in [0, 0.1) is 20.8 Å². The van der Waals surface area contributed by atoms with E-state index >= 15 is 0 Å². The van der Waals surface area contributed by atoms with Crippen LogP contribution in [0.4, 0.5) is 0 Å². The van der Waals surface area contributed by atoms with E-state index in [4.69, 9.17) is 0 Å². The molecule has 0 atom stereocenters. The standard InChI is InChI=1S/C15H20N2O3S.H2O/c1-12-9-13(2)15(14(3)10-12)17-7-6-16(11-17)5-4-8-21(18,19)20;/h6-7,9-11H,4-5,8H2,1-3H3;1H2. The van der Waals surface area contributed by atoms with Gasteiger partial charge in [-0.1, -0.05) is 17.7 Å². The monoisotopic (exact) mass is 326 g/mol. The fraction of sp³-hybridized carbons (Fsp3) is 0.400. The zero-order chi connectivity index (χ0) is 15.6. The van der Waals surface area contributed by atoms with E-state index in [2.05, 4.69) is 32.9 Å². The van der Waals surface area contributed by atoms with Gasteiger partial charge in [0.15, 0.2) is 0 Å². The van der Waals surface area contributed by atoms with E-state index in [1.165, 1.54) is 16.7 Å². The molecule has 2 N–H and O–H groups in total. The Morgan fingerprint density at radius 2 is 1.77 bits per heavy atom. The van der Waals surface area contributed by atoms with Crippen LogP contribution in [0.5, 0.6) is 0 Å². The highest BCUT2D eigenvalue weighted by atomic mass is 32.2. The smallest absolute Gasteiger partial charge is 0.248 e. The van der Waals surface area contributed by atoms with Gasteiger partial charge >= 0.3 is 0 Å². The average Bonchev–Trinajstić information content (AvgIpc) is 2.74. The van der Waals surface area contributed by atoms with Crippen molar-refractivity contribution in [2.75, 3.05) is 5.75 Å². The summed E-state index contributed by atoms with van der Waals surface area (Å²) < 4.78 is 35.7. The lowest BCUT2D eigenvalue weighted by atomic mass is 10.1. The van der Waals surface area contributed by atoms with Crippen LogP contribution in [-0.4, -0.2) is 28.8 Å². The van der Waals surface area contributed by atoms with Gasteiger partial charge in [-0.25, -0.2) is 17.6 Å². The van der Waals surface area contributed by atoms with Crippen molar-refractivity contribution >= 4 is 10.1 Å². The summed E-state index contributed by atoms with van der Waals surface area (Å²) in [5.41, 5.74) is 4.75. The summed E-state index contributed by atoms with van der Waals surface area (Å²) in [5, 5.41) is 0. The lowest BCUT2D eigenvalue weighted by Gasteiger charge is -2.07. The molecule has 0 unspecified atom stereocenters. The van der Waals surface area contributed by atoms with Gasteiger partial charge in [-0.15, -0.1) is 0 Å². The molecule has 1 aromatic heterocycles. The SMILES string of the molecule is Cc1cc(C)c(-n2cc[n+](CCCS(=O)(=O)[O-])c2)c(C)c1.O. The van der Waals surface area contributed by atoms with Crippen molar-refractivity contribution < 1.29 is 23.0 Å². The van der Waals surface area contributed by atoms with Crippen LogP contribution in [-0.2, 0) is 16.7 Å². The number of hydrogen-bond donors (Lipinski definition) is 0. The van der Waals surface area contributed by atoms with Crippen LogP contribution in [0.15, 0.2) is 30.9 Å². The topological polar surface area (TPSA) is 97.5 Å². The van der Waals surface area contributed by atoms with Gasteiger partial charge in [0.05, 0.1) is 16.7 Å². The maximum absolute atomic E-state index is 10.6. The molecule has 0 saturated carbocycles. The van der Waals surface area contributed by atoms with Crippen LogP contribution in [0.3, 0.4) is 0 Å². The van der Waals surface area contributed by atoms with E-state index in [1.54, 1.807) is 0 Å². The Kier molecular flexibility index (Phi) is 5.87. The Morgan fingerprint density at radius 3 is 2.32 bits per heavy atom. The summed E-state index contributed by atoms with van der Waals surface area (Å²) in [5.74, 6) is -0.326. The normalized spacial score (nSPS) is 11.3. The predicted octanol–water partition coefficient (Wildman–Crippen LogP) is 0.801. The first-order chi connectivity index (χ1) is 9.76. The van der Waals surface area contributed by atoms with Gasteiger partial charge in [0.1, 0.15) is 18.1 Å². The molecule has 2 rings (SSSR count). The molecular weight excluding hydrogens is 304 g/mol. The quantitative estimate of drug-likeness (QED) is 0.600. The highest BCUT2D eigenvalue weighted by Gasteiger charge is 2.12. The number of imidazole rings is 1. The van der Waals surface area contributed by atoms with Crippen LogP contribution in [0.2, 0.25) is 0 Å². The van der Waals surface area contributed by atoms with E-state index in [1.807, 2.05) is 27.9 Å². The molecule has 0 saturated heterocycles. The first-order valence-electron chi connectivity index (χ1n) is 6.85. The van der Waals surface area contributed by atoms with Gasteiger partial charge in [0.25, 0.3) is 0 Å². The molecule has 22 heavy (non-hydrogen) atoms. The van der Waals surface area contributed by atoms with Crippen molar-refractivity contribution in [3.63, 3.8) is 0 Å². The summed E-state index contributed by atoms with van der Waals surface area (Å²) in [6.07, 6.45) is 6.07. The van der Waals surface area contributed by atoms with Crippen molar-refractivity contribution in [3.05, 3.63) is 47.5 Å². The Hall–Kier alpha value is -1.70. The minimum Gasteiger partial charge on any atom is -0.748 e. The molecular formula is C15H22N2O4S. The van der Waals surface area contributed by atoms with Gasteiger partial charge < -0.3 is 10.0 Å². The number of nitrogens with zero attached hydrogens (tertiary/aromatic N) is 2. The third-order valence-electron chi connectivity index (χ3n) is 3.40. The molecule has 0 fully saturated rings. The summed E-state index contributed by atoms with van der Waals surface area (Å²) in [6.45, 7) is 6.73. The summed E-state index contributed by atoms with van der Waals surface area (Å²) in [4.78, 5) is 0. The second-order valence-electron chi connectivity index (χ2n) is 5.42. The zero-order valence-corrected chi connectivity index (χ0v) is 13.9. The second kappa shape index (κ2) is 7.04. The highest BCUT2D eigenvalue weighted by molar-refractivity contribution is 7.85. The first-order valence-corrected chi connectivity index (χ1v) is 8.43. The fourth-order valence-corrected chi connectivity index (χ4v) is 3.14. The van der Waals surface area contributed by atoms with Crippen LogP contribution in [0.1, 0.15) is 23.1 Å². The number of aryl methyl sites for hydroxylation is 4. The second-order valence-corrected chi connectivity index (χ2v) is 6.94. The number of hydrogen-bond acceptors (Lipinski definition) is 3. The van der Waals surface area contributed by atoms with Gasteiger partial charge in [0.2, 0.25) is 6.33 Å². The molecule has 7 heteroatoms.